The Morgan fingerprint density at radius 1 is 1.26 bits per heavy atom. The quantitative estimate of drug-likeness (QED) is 0.258. The van der Waals surface area contributed by atoms with Crippen LogP contribution in [0, 0.1) is 4.77 Å². The molecule has 0 saturated carbocycles. The lowest BCUT2D eigenvalue weighted by molar-refractivity contribution is 0.0805. The summed E-state index contributed by atoms with van der Waals surface area (Å²) in [6, 6.07) is 13.1. The first-order chi connectivity index (χ1) is 14.7. The van der Waals surface area contributed by atoms with E-state index < -0.39 is 11.2 Å². The molecule has 0 aliphatic rings. The van der Waals surface area contributed by atoms with E-state index in [0.717, 1.165) is 16.0 Å². The van der Waals surface area contributed by atoms with Crippen LogP contribution >= 0.6 is 23.8 Å². The molecule has 2 aromatic carbocycles. The number of nitrogens with one attached hydrogen (secondary N) is 1. The van der Waals surface area contributed by atoms with Crippen LogP contribution in [-0.2, 0) is 12.0 Å². The molecule has 3 rings (SSSR count). The van der Waals surface area contributed by atoms with Gasteiger partial charge in [-0.15, -0.1) is 5.10 Å². The van der Waals surface area contributed by atoms with Gasteiger partial charge in [0.25, 0.3) is 0 Å². The first-order valence-electron chi connectivity index (χ1n) is 9.37. The van der Waals surface area contributed by atoms with Gasteiger partial charge in [0.1, 0.15) is 18.1 Å². The molecule has 0 fully saturated rings. The van der Waals surface area contributed by atoms with Crippen molar-refractivity contribution in [2.24, 2.45) is 5.10 Å². The van der Waals surface area contributed by atoms with Gasteiger partial charge in [0, 0.05) is 5.56 Å². The molecule has 0 spiro atoms. The van der Waals surface area contributed by atoms with E-state index in [1.807, 2.05) is 24.3 Å². The maximum Gasteiger partial charge on any atom is 0.383 e. The van der Waals surface area contributed by atoms with Gasteiger partial charge in [-0.25, -0.2) is 5.10 Å². The fourth-order valence-electron chi connectivity index (χ4n) is 2.81. The minimum Gasteiger partial charge on any atom is -0.496 e. The van der Waals surface area contributed by atoms with Crippen LogP contribution < -0.4 is 9.47 Å². The van der Waals surface area contributed by atoms with Crippen LogP contribution in [0.25, 0.3) is 0 Å². The number of hydrogen-bond donors (Lipinski definition) is 1. The number of hydrogen-bond acceptors (Lipinski definition) is 5. The normalized spacial score (nSPS) is 12.0. The van der Waals surface area contributed by atoms with E-state index in [1.165, 1.54) is 11.8 Å². The SMILES string of the molecule is COc1ccc(C=Nn2c(C(F)(F)Cl)n[nH]c2=S)cc1COc1ccc(C(C)C)cc1. The molecule has 0 saturated heterocycles. The summed E-state index contributed by atoms with van der Waals surface area (Å²) in [7, 11) is 1.56. The third kappa shape index (κ3) is 5.68. The van der Waals surface area contributed by atoms with Crippen LogP contribution in [0.15, 0.2) is 47.6 Å². The highest BCUT2D eigenvalue weighted by molar-refractivity contribution is 7.71. The van der Waals surface area contributed by atoms with Gasteiger partial charge in [0.05, 0.1) is 13.3 Å². The number of aromatic nitrogens is 3. The van der Waals surface area contributed by atoms with E-state index in [0.29, 0.717) is 17.2 Å². The zero-order valence-corrected chi connectivity index (χ0v) is 18.7. The van der Waals surface area contributed by atoms with Crippen molar-refractivity contribution < 1.29 is 18.3 Å². The van der Waals surface area contributed by atoms with Crippen LogP contribution in [-0.4, -0.2) is 28.2 Å². The molecule has 164 valence electrons. The van der Waals surface area contributed by atoms with Crippen molar-refractivity contribution in [1.82, 2.24) is 14.9 Å². The highest BCUT2D eigenvalue weighted by atomic mass is 35.5. The van der Waals surface area contributed by atoms with Crippen LogP contribution in [0.3, 0.4) is 0 Å². The lowest BCUT2D eigenvalue weighted by atomic mass is 10.0. The van der Waals surface area contributed by atoms with E-state index in [-0.39, 0.29) is 11.4 Å². The van der Waals surface area contributed by atoms with Crippen molar-refractivity contribution in [3.8, 4) is 11.5 Å². The van der Waals surface area contributed by atoms with Crippen molar-refractivity contribution in [1.29, 1.82) is 0 Å². The van der Waals surface area contributed by atoms with Gasteiger partial charge >= 0.3 is 5.38 Å². The number of H-pyrrole nitrogens is 1. The molecular formula is C21H21ClF2N4O2S. The van der Waals surface area contributed by atoms with Crippen LogP contribution in [0.1, 0.15) is 42.3 Å². The summed E-state index contributed by atoms with van der Waals surface area (Å²) in [6.45, 7) is 4.51. The predicted octanol–water partition coefficient (Wildman–Crippen LogP) is 5.82. The molecule has 31 heavy (non-hydrogen) atoms. The summed E-state index contributed by atoms with van der Waals surface area (Å²) in [5.41, 5.74) is 2.61. The van der Waals surface area contributed by atoms with Gasteiger partial charge in [-0.05, 0) is 71.2 Å². The van der Waals surface area contributed by atoms with Gasteiger partial charge in [-0.3, -0.25) is 0 Å². The number of alkyl halides is 3. The van der Waals surface area contributed by atoms with E-state index in [4.69, 9.17) is 33.3 Å². The summed E-state index contributed by atoms with van der Waals surface area (Å²) in [5.74, 6) is 0.999. The van der Waals surface area contributed by atoms with Crippen molar-refractivity contribution >= 4 is 30.0 Å². The summed E-state index contributed by atoms with van der Waals surface area (Å²) >= 11 is 10.0. The first-order valence-corrected chi connectivity index (χ1v) is 10.2. The van der Waals surface area contributed by atoms with Crippen molar-refractivity contribution in [3.63, 3.8) is 0 Å². The summed E-state index contributed by atoms with van der Waals surface area (Å²) < 4.78 is 38.9. The molecule has 1 heterocycles. The van der Waals surface area contributed by atoms with Crippen molar-refractivity contribution in [3.05, 3.63) is 69.8 Å². The Morgan fingerprint density at radius 2 is 1.97 bits per heavy atom. The molecule has 6 nitrogen and oxygen atoms in total. The summed E-state index contributed by atoms with van der Waals surface area (Å²) in [6.07, 6.45) is 1.37. The van der Waals surface area contributed by atoms with Gasteiger partial charge in [-0.2, -0.15) is 18.6 Å². The van der Waals surface area contributed by atoms with Gasteiger partial charge in [0.2, 0.25) is 10.6 Å². The fraction of sp³-hybridized carbons (Fsp3) is 0.286. The Hall–Kier alpha value is -2.78. The monoisotopic (exact) mass is 466 g/mol. The molecule has 1 N–H and O–H groups in total. The first kappa shape index (κ1) is 22.9. The molecule has 3 aromatic rings. The molecule has 0 unspecified atom stereocenters. The predicted molar refractivity (Wildman–Crippen MR) is 118 cm³/mol. The highest BCUT2D eigenvalue weighted by Gasteiger charge is 2.35. The lowest BCUT2D eigenvalue weighted by Crippen LogP contribution is -2.11. The standard InChI is InChI=1S/C21H21ClF2N4O2S/c1-13(2)15-5-7-17(8-6-15)30-12-16-10-14(4-9-18(16)29-3)11-25-28-19(21(22,23)24)26-27-20(28)31/h4-11,13H,12H2,1-3H3,(H,27,31). The molecule has 10 heteroatoms. The maximum atomic E-state index is 13.5. The zero-order chi connectivity index (χ0) is 22.6. The van der Waals surface area contributed by atoms with Crippen LogP contribution in [0.2, 0.25) is 0 Å². The highest BCUT2D eigenvalue weighted by Crippen LogP contribution is 2.30. The Morgan fingerprint density at radius 3 is 2.58 bits per heavy atom. The van der Waals surface area contributed by atoms with Gasteiger partial charge < -0.3 is 9.47 Å². The second-order valence-electron chi connectivity index (χ2n) is 6.99. The molecule has 1 aromatic heterocycles. The smallest absolute Gasteiger partial charge is 0.383 e. The minimum absolute atomic E-state index is 0.103. The van der Waals surface area contributed by atoms with Crippen molar-refractivity contribution in [2.45, 2.75) is 31.8 Å². The minimum atomic E-state index is -3.71. The van der Waals surface area contributed by atoms with Gasteiger partial charge in [0.15, 0.2) is 0 Å². The van der Waals surface area contributed by atoms with Gasteiger partial charge in [-0.1, -0.05) is 26.0 Å². The Labute approximate surface area is 188 Å². The lowest BCUT2D eigenvalue weighted by Gasteiger charge is -2.12. The second-order valence-corrected chi connectivity index (χ2v) is 7.85. The zero-order valence-electron chi connectivity index (χ0n) is 17.1. The third-order valence-electron chi connectivity index (χ3n) is 4.47. The number of rotatable bonds is 8. The molecule has 0 radical (unpaired) electrons. The molecule has 0 amide bonds. The van der Waals surface area contributed by atoms with E-state index >= 15 is 0 Å². The largest absolute Gasteiger partial charge is 0.496 e. The number of methoxy groups -OCH3 is 1. The summed E-state index contributed by atoms with van der Waals surface area (Å²) in [4.78, 5) is 0. The van der Waals surface area contributed by atoms with E-state index in [9.17, 15) is 8.78 Å². The average molecular weight is 467 g/mol. The maximum absolute atomic E-state index is 13.5. The van der Waals surface area contributed by atoms with Crippen LogP contribution in [0.4, 0.5) is 8.78 Å². The molecule has 0 atom stereocenters. The van der Waals surface area contributed by atoms with Crippen molar-refractivity contribution in [2.75, 3.05) is 7.11 Å². The average Bonchev–Trinajstić information content (AvgIpc) is 3.12. The number of aromatic amines is 1. The Kier molecular flexibility index (Phi) is 7.07. The Balaban J connectivity index is 1.80. The molecular weight excluding hydrogens is 446 g/mol. The van der Waals surface area contributed by atoms with Crippen LogP contribution in [0.5, 0.6) is 11.5 Å². The van der Waals surface area contributed by atoms with E-state index in [2.05, 4.69) is 29.1 Å². The summed E-state index contributed by atoms with van der Waals surface area (Å²) in [5, 5.41) is 5.97. The Bertz CT molecular complexity index is 1120. The number of ether oxygens (including phenoxy) is 2. The topological polar surface area (TPSA) is 64.4 Å². The molecule has 0 bridgehead atoms. The number of benzene rings is 2. The fourth-order valence-corrected chi connectivity index (χ4v) is 3.11. The molecule has 0 aliphatic carbocycles. The second kappa shape index (κ2) is 9.57. The number of nitrogens with zero attached hydrogens (tertiary/aromatic N) is 3. The van der Waals surface area contributed by atoms with E-state index in [1.54, 1.807) is 25.3 Å². The molecule has 0 aliphatic heterocycles. The number of halogens is 3. The third-order valence-corrected chi connectivity index (χ3v) is 4.91.